The van der Waals surface area contributed by atoms with E-state index >= 15 is 0 Å². The van der Waals surface area contributed by atoms with Crippen molar-refractivity contribution in [2.45, 2.75) is 52.1 Å². The molecule has 0 amide bonds. The lowest BCUT2D eigenvalue weighted by Gasteiger charge is -2.46. The van der Waals surface area contributed by atoms with Gasteiger partial charge in [-0.15, -0.1) is 0 Å². The number of piperazine rings is 1. The average Bonchev–Trinajstić information content (AvgIpc) is 2.28. The van der Waals surface area contributed by atoms with Crippen LogP contribution in [0.4, 0.5) is 0 Å². The predicted octanol–water partition coefficient (Wildman–Crippen LogP) is 1.53. The fourth-order valence-electron chi connectivity index (χ4n) is 3.08. The molecule has 2 unspecified atom stereocenters. The topological polar surface area (TPSA) is 32.5 Å². The highest BCUT2D eigenvalue weighted by Gasteiger charge is 2.32. The Hall–Kier alpha value is -0.120. The van der Waals surface area contributed by atoms with E-state index < -0.39 is 0 Å². The monoisotopic (exact) mass is 239 g/mol. The lowest BCUT2D eigenvalue weighted by atomic mass is 9.85. The molecule has 0 radical (unpaired) electrons. The van der Waals surface area contributed by atoms with Crippen molar-refractivity contribution in [3.8, 4) is 0 Å². The van der Waals surface area contributed by atoms with Gasteiger partial charge in [0.15, 0.2) is 0 Å². The number of piperidine rings is 1. The van der Waals surface area contributed by atoms with Crippen LogP contribution in [0.15, 0.2) is 0 Å². The zero-order valence-corrected chi connectivity index (χ0v) is 11.8. The number of hydrogen-bond donors (Lipinski definition) is 1. The van der Waals surface area contributed by atoms with E-state index in [1.54, 1.807) is 0 Å². The molecule has 0 spiro atoms. The summed E-state index contributed by atoms with van der Waals surface area (Å²) in [4.78, 5) is 5.33. The van der Waals surface area contributed by atoms with Gasteiger partial charge >= 0.3 is 0 Å². The highest BCUT2D eigenvalue weighted by Crippen LogP contribution is 2.25. The molecule has 2 fully saturated rings. The molecule has 2 N–H and O–H groups in total. The fraction of sp³-hybridized carbons (Fsp3) is 1.00. The molecule has 17 heavy (non-hydrogen) atoms. The number of fused-ring (bicyclic) bond motifs is 1. The van der Waals surface area contributed by atoms with Crippen molar-refractivity contribution < 1.29 is 0 Å². The highest BCUT2D eigenvalue weighted by molar-refractivity contribution is 4.89. The van der Waals surface area contributed by atoms with Crippen molar-refractivity contribution in [1.82, 2.24) is 9.80 Å². The summed E-state index contributed by atoms with van der Waals surface area (Å²) >= 11 is 0. The quantitative estimate of drug-likeness (QED) is 0.811. The molecule has 0 aliphatic carbocycles. The molecule has 2 heterocycles. The maximum absolute atomic E-state index is 6.08. The van der Waals surface area contributed by atoms with Gasteiger partial charge in [-0.25, -0.2) is 0 Å². The van der Waals surface area contributed by atoms with E-state index in [0.717, 1.165) is 12.6 Å². The molecule has 2 aliphatic rings. The van der Waals surface area contributed by atoms with E-state index in [1.165, 1.54) is 45.4 Å². The normalized spacial score (nSPS) is 30.0. The molecule has 3 nitrogen and oxygen atoms in total. The molecule has 2 rings (SSSR count). The lowest BCUT2D eigenvalue weighted by Crippen LogP contribution is -2.57. The van der Waals surface area contributed by atoms with Crippen molar-refractivity contribution in [2.24, 2.45) is 11.1 Å². The Labute approximate surface area is 106 Å². The number of hydrogen-bond acceptors (Lipinski definition) is 3. The van der Waals surface area contributed by atoms with Gasteiger partial charge in [-0.2, -0.15) is 0 Å². The van der Waals surface area contributed by atoms with Crippen molar-refractivity contribution in [1.29, 1.82) is 0 Å². The third-order valence-corrected chi connectivity index (χ3v) is 4.79. The van der Waals surface area contributed by atoms with Gasteiger partial charge in [0.25, 0.3) is 0 Å². The third-order valence-electron chi connectivity index (χ3n) is 4.79. The van der Waals surface area contributed by atoms with Gasteiger partial charge in [-0.05, 0) is 31.7 Å². The molecule has 0 aromatic rings. The van der Waals surface area contributed by atoms with Crippen LogP contribution in [0.5, 0.6) is 0 Å². The van der Waals surface area contributed by atoms with Gasteiger partial charge in [-0.3, -0.25) is 9.80 Å². The average molecular weight is 239 g/mol. The Balaban J connectivity index is 1.87. The molecule has 2 atom stereocenters. The van der Waals surface area contributed by atoms with Crippen LogP contribution in [0.1, 0.15) is 40.0 Å². The van der Waals surface area contributed by atoms with Crippen LogP contribution < -0.4 is 5.73 Å². The van der Waals surface area contributed by atoms with Gasteiger partial charge in [0, 0.05) is 38.3 Å². The van der Waals surface area contributed by atoms with E-state index in [2.05, 4.69) is 30.6 Å². The van der Waals surface area contributed by atoms with Crippen LogP contribution in [0.2, 0.25) is 0 Å². The number of rotatable bonds is 3. The van der Waals surface area contributed by atoms with Crippen molar-refractivity contribution in [2.75, 3.05) is 32.7 Å². The molecule has 0 bridgehead atoms. The maximum Gasteiger partial charge on any atom is 0.0223 e. The first-order chi connectivity index (χ1) is 7.99. The van der Waals surface area contributed by atoms with E-state index in [0.29, 0.717) is 0 Å². The van der Waals surface area contributed by atoms with Crippen molar-refractivity contribution >= 4 is 0 Å². The second-order valence-corrected chi connectivity index (χ2v) is 6.70. The largest absolute Gasteiger partial charge is 0.327 e. The Bertz CT molecular complexity index is 250. The Morgan fingerprint density at radius 3 is 2.71 bits per heavy atom. The first kappa shape index (κ1) is 13.3. The number of nitrogens with zero attached hydrogens (tertiary/aromatic N) is 2. The predicted molar refractivity (Wildman–Crippen MR) is 73.1 cm³/mol. The summed E-state index contributed by atoms with van der Waals surface area (Å²) in [7, 11) is 0. The zero-order chi connectivity index (χ0) is 12.5. The summed E-state index contributed by atoms with van der Waals surface area (Å²) in [5.41, 5.74) is 6.32. The molecule has 0 aromatic carbocycles. The highest BCUT2D eigenvalue weighted by atomic mass is 15.3. The first-order valence-electron chi connectivity index (χ1n) is 7.21. The molecule has 100 valence electrons. The molecule has 3 heteroatoms. The van der Waals surface area contributed by atoms with E-state index in [1.807, 2.05) is 0 Å². The second kappa shape index (κ2) is 5.25. The first-order valence-corrected chi connectivity index (χ1v) is 7.21. The SMILES string of the molecule is CC(N)C(C)(C)CN1CCN2CCCCC2C1. The van der Waals surface area contributed by atoms with Crippen LogP contribution >= 0.6 is 0 Å². The Morgan fingerprint density at radius 2 is 2.00 bits per heavy atom. The van der Waals surface area contributed by atoms with Gasteiger partial charge in [0.05, 0.1) is 0 Å². The molecule has 2 saturated heterocycles. The van der Waals surface area contributed by atoms with Crippen molar-refractivity contribution in [3.05, 3.63) is 0 Å². The molecule has 0 aromatic heterocycles. The van der Waals surface area contributed by atoms with Crippen molar-refractivity contribution in [3.63, 3.8) is 0 Å². The third kappa shape index (κ3) is 3.21. The summed E-state index contributed by atoms with van der Waals surface area (Å²) in [6, 6.07) is 1.09. The lowest BCUT2D eigenvalue weighted by molar-refractivity contribution is 0.0282. The van der Waals surface area contributed by atoms with Gasteiger partial charge < -0.3 is 5.73 Å². The standard InChI is InChI=1S/C14H29N3/c1-12(15)14(2,3)11-16-8-9-17-7-5-4-6-13(17)10-16/h12-13H,4-11,15H2,1-3H3. The van der Waals surface area contributed by atoms with Gasteiger partial charge in [-0.1, -0.05) is 20.3 Å². The zero-order valence-electron chi connectivity index (χ0n) is 11.8. The second-order valence-electron chi connectivity index (χ2n) is 6.70. The summed E-state index contributed by atoms with van der Waals surface area (Å²) in [6.07, 6.45) is 4.22. The minimum atomic E-state index is 0.233. The Morgan fingerprint density at radius 1 is 1.24 bits per heavy atom. The van der Waals surface area contributed by atoms with Gasteiger partial charge in [0.1, 0.15) is 0 Å². The smallest absolute Gasteiger partial charge is 0.0223 e. The summed E-state index contributed by atoms with van der Waals surface area (Å²) < 4.78 is 0. The maximum atomic E-state index is 6.08. The van der Waals surface area contributed by atoms with E-state index in [-0.39, 0.29) is 11.5 Å². The number of nitrogens with two attached hydrogens (primary N) is 1. The molecule has 2 aliphatic heterocycles. The van der Waals surface area contributed by atoms with Crippen LogP contribution in [0, 0.1) is 5.41 Å². The minimum Gasteiger partial charge on any atom is -0.327 e. The van der Waals surface area contributed by atoms with Crippen LogP contribution in [0.25, 0.3) is 0 Å². The molecule has 0 saturated carbocycles. The fourth-order valence-corrected chi connectivity index (χ4v) is 3.08. The van der Waals surface area contributed by atoms with Crippen LogP contribution in [-0.4, -0.2) is 54.6 Å². The summed E-state index contributed by atoms with van der Waals surface area (Å²) in [6.45, 7) is 13.0. The van der Waals surface area contributed by atoms with E-state index in [9.17, 15) is 0 Å². The summed E-state index contributed by atoms with van der Waals surface area (Å²) in [5.74, 6) is 0. The van der Waals surface area contributed by atoms with Gasteiger partial charge in [0.2, 0.25) is 0 Å². The Kier molecular flexibility index (Phi) is 4.11. The van der Waals surface area contributed by atoms with E-state index in [4.69, 9.17) is 5.73 Å². The van der Waals surface area contributed by atoms with Crippen LogP contribution in [-0.2, 0) is 0 Å². The van der Waals surface area contributed by atoms with Crippen LogP contribution in [0.3, 0.4) is 0 Å². The summed E-state index contributed by atoms with van der Waals surface area (Å²) in [5, 5.41) is 0. The molecular formula is C14H29N3. The molecular weight excluding hydrogens is 210 g/mol. The minimum absolute atomic E-state index is 0.233.